The second-order valence-electron chi connectivity index (χ2n) is 4.09. The minimum absolute atomic E-state index is 0.479. The molecule has 0 radical (unpaired) electrons. The fraction of sp³-hybridized carbons (Fsp3) is 0.818. The van der Waals surface area contributed by atoms with Crippen molar-refractivity contribution < 1.29 is 0 Å². The van der Waals surface area contributed by atoms with Gasteiger partial charge in [0.1, 0.15) is 0 Å². The van der Waals surface area contributed by atoms with Crippen LogP contribution in [0.2, 0.25) is 0 Å². The lowest BCUT2D eigenvalue weighted by molar-refractivity contribution is 0.184. The van der Waals surface area contributed by atoms with Crippen LogP contribution in [-0.2, 0) is 0 Å². The quantitative estimate of drug-likeness (QED) is 0.640. The van der Waals surface area contributed by atoms with Crippen LogP contribution in [0.25, 0.3) is 0 Å². The lowest BCUT2D eigenvalue weighted by atomic mass is 9.71. The Morgan fingerprint density at radius 3 is 2.42 bits per heavy atom. The van der Waals surface area contributed by atoms with Crippen LogP contribution in [0.4, 0.5) is 0 Å². The van der Waals surface area contributed by atoms with Crippen molar-refractivity contribution in [3.8, 4) is 0 Å². The number of rotatable bonds is 4. The SMILES string of the molecule is C=CCCC1(CN)CCCCC1. The molecule has 1 saturated carbocycles. The Labute approximate surface area is 76.0 Å². The van der Waals surface area contributed by atoms with E-state index < -0.39 is 0 Å². The van der Waals surface area contributed by atoms with E-state index in [0.717, 1.165) is 13.0 Å². The minimum atomic E-state index is 0.479. The van der Waals surface area contributed by atoms with Gasteiger partial charge in [-0.25, -0.2) is 0 Å². The molecule has 1 nitrogen and oxygen atoms in total. The van der Waals surface area contributed by atoms with Crippen LogP contribution >= 0.6 is 0 Å². The predicted octanol–water partition coefficient (Wildman–Crippen LogP) is 2.86. The van der Waals surface area contributed by atoms with E-state index in [-0.39, 0.29) is 0 Å². The second-order valence-corrected chi connectivity index (χ2v) is 4.09. The summed E-state index contributed by atoms with van der Waals surface area (Å²) in [5.74, 6) is 0. The van der Waals surface area contributed by atoms with Gasteiger partial charge < -0.3 is 5.73 Å². The van der Waals surface area contributed by atoms with E-state index in [1.807, 2.05) is 6.08 Å². The summed E-state index contributed by atoms with van der Waals surface area (Å²) >= 11 is 0. The molecule has 0 bridgehead atoms. The van der Waals surface area contributed by atoms with Crippen molar-refractivity contribution in [2.75, 3.05) is 6.54 Å². The third-order valence-electron chi connectivity index (χ3n) is 3.23. The standard InChI is InChI=1S/C11H21N/c1-2-3-7-11(10-12)8-5-4-6-9-11/h2H,1,3-10,12H2. The van der Waals surface area contributed by atoms with Crippen LogP contribution in [0.1, 0.15) is 44.9 Å². The van der Waals surface area contributed by atoms with Crippen LogP contribution < -0.4 is 5.73 Å². The molecule has 70 valence electrons. The van der Waals surface area contributed by atoms with E-state index >= 15 is 0 Å². The monoisotopic (exact) mass is 167 g/mol. The summed E-state index contributed by atoms with van der Waals surface area (Å²) in [6, 6.07) is 0. The largest absolute Gasteiger partial charge is 0.330 e. The molecule has 2 N–H and O–H groups in total. The van der Waals surface area contributed by atoms with Gasteiger partial charge in [-0.1, -0.05) is 25.3 Å². The van der Waals surface area contributed by atoms with Crippen molar-refractivity contribution in [3.05, 3.63) is 12.7 Å². The highest BCUT2D eigenvalue weighted by Gasteiger charge is 2.29. The summed E-state index contributed by atoms with van der Waals surface area (Å²) in [7, 11) is 0. The molecule has 1 heteroatoms. The van der Waals surface area contributed by atoms with Crippen LogP contribution in [0.5, 0.6) is 0 Å². The molecule has 0 aromatic rings. The van der Waals surface area contributed by atoms with E-state index in [4.69, 9.17) is 5.73 Å². The van der Waals surface area contributed by atoms with Gasteiger partial charge in [-0.3, -0.25) is 0 Å². The molecule has 1 aliphatic carbocycles. The highest BCUT2D eigenvalue weighted by atomic mass is 14.6. The molecular formula is C11H21N. The van der Waals surface area contributed by atoms with Crippen molar-refractivity contribution in [2.45, 2.75) is 44.9 Å². The second kappa shape index (κ2) is 4.66. The molecule has 0 saturated heterocycles. The summed E-state index contributed by atoms with van der Waals surface area (Å²) in [6.45, 7) is 4.65. The fourth-order valence-electron chi connectivity index (χ4n) is 2.27. The van der Waals surface area contributed by atoms with Gasteiger partial charge in [0, 0.05) is 0 Å². The Hall–Kier alpha value is -0.300. The van der Waals surface area contributed by atoms with E-state index in [0.29, 0.717) is 5.41 Å². The zero-order valence-corrected chi connectivity index (χ0v) is 8.02. The average Bonchev–Trinajstić information content (AvgIpc) is 2.16. The Balaban J connectivity index is 2.41. The third-order valence-corrected chi connectivity index (χ3v) is 3.23. The maximum Gasteiger partial charge on any atom is -0.00204 e. The molecule has 0 atom stereocenters. The van der Waals surface area contributed by atoms with Crippen molar-refractivity contribution in [3.63, 3.8) is 0 Å². The molecule has 1 rings (SSSR count). The highest BCUT2D eigenvalue weighted by Crippen LogP contribution is 2.39. The zero-order chi connectivity index (χ0) is 8.86. The minimum Gasteiger partial charge on any atom is -0.330 e. The molecule has 1 fully saturated rings. The van der Waals surface area contributed by atoms with Gasteiger partial charge in [0.2, 0.25) is 0 Å². The molecule has 0 aromatic carbocycles. The highest BCUT2D eigenvalue weighted by molar-refractivity contribution is 4.85. The lowest BCUT2D eigenvalue weighted by Crippen LogP contribution is -2.32. The molecule has 0 unspecified atom stereocenters. The van der Waals surface area contributed by atoms with Crippen LogP contribution in [0.15, 0.2) is 12.7 Å². The van der Waals surface area contributed by atoms with Crippen molar-refractivity contribution in [1.82, 2.24) is 0 Å². The van der Waals surface area contributed by atoms with Crippen molar-refractivity contribution >= 4 is 0 Å². The Bertz CT molecular complexity index is 134. The summed E-state index contributed by atoms with van der Waals surface area (Å²) < 4.78 is 0. The summed E-state index contributed by atoms with van der Waals surface area (Å²) in [5.41, 5.74) is 6.32. The first-order valence-electron chi connectivity index (χ1n) is 5.14. The van der Waals surface area contributed by atoms with Crippen LogP contribution in [0, 0.1) is 5.41 Å². The fourth-order valence-corrected chi connectivity index (χ4v) is 2.27. The summed E-state index contributed by atoms with van der Waals surface area (Å²) in [5, 5.41) is 0. The Morgan fingerprint density at radius 2 is 1.92 bits per heavy atom. The van der Waals surface area contributed by atoms with Gasteiger partial charge in [0.15, 0.2) is 0 Å². The van der Waals surface area contributed by atoms with E-state index in [1.54, 1.807) is 0 Å². The molecule has 12 heavy (non-hydrogen) atoms. The van der Waals surface area contributed by atoms with Gasteiger partial charge in [-0.05, 0) is 37.6 Å². The Kier molecular flexibility index (Phi) is 3.80. The topological polar surface area (TPSA) is 26.0 Å². The molecule has 0 spiro atoms. The van der Waals surface area contributed by atoms with E-state index in [1.165, 1.54) is 38.5 Å². The maximum absolute atomic E-state index is 5.84. The van der Waals surface area contributed by atoms with Crippen LogP contribution in [-0.4, -0.2) is 6.54 Å². The van der Waals surface area contributed by atoms with Gasteiger partial charge in [-0.15, -0.1) is 6.58 Å². The number of hydrogen-bond donors (Lipinski definition) is 1. The van der Waals surface area contributed by atoms with Crippen molar-refractivity contribution in [2.24, 2.45) is 11.1 Å². The van der Waals surface area contributed by atoms with Crippen LogP contribution in [0.3, 0.4) is 0 Å². The van der Waals surface area contributed by atoms with Gasteiger partial charge in [0.05, 0.1) is 0 Å². The van der Waals surface area contributed by atoms with E-state index in [9.17, 15) is 0 Å². The molecule has 0 heterocycles. The maximum atomic E-state index is 5.84. The number of hydrogen-bond acceptors (Lipinski definition) is 1. The summed E-state index contributed by atoms with van der Waals surface area (Å²) in [4.78, 5) is 0. The Morgan fingerprint density at radius 1 is 1.25 bits per heavy atom. The van der Waals surface area contributed by atoms with Gasteiger partial charge in [0.25, 0.3) is 0 Å². The van der Waals surface area contributed by atoms with Gasteiger partial charge >= 0.3 is 0 Å². The first-order valence-corrected chi connectivity index (χ1v) is 5.14. The lowest BCUT2D eigenvalue weighted by Gasteiger charge is -2.36. The van der Waals surface area contributed by atoms with E-state index in [2.05, 4.69) is 6.58 Å². The molecule has 0 amide bonds. The number of allylic oxidation sites excluding steroid dienone is 1. The first-order chi connectivity index (χ1) is 5.83. The molecular weight excluding hydrogens is 146 g/mol. The predicted molar refractivity (Wildman–Crippen MR) is 54.0 cm³/mol. The molecule has 0 aliphatic heterocycles. The molecule has 0 aromatic heterocycles. The average molecular weight is 167 g/mol. The zero-order valence-electron chi connectivity index (χ0n) is 8.02. The number of nitrogens with two attached hydrogens (primary N) is 1. The third kappa shape index (κ3) is 2.34. The first kappa shape index (κ1) is 9.79. The summed E-state index contributed by atoms with van der Waals surface area (Å²) in [6.07, 6.45) is 11.3. The normalized spacial score (nSPS) is 22.1. The van der Waals surface area contributed by atoms with Crippen molar-refractivity contribution in [1.29, 1.82) is 0 Å². The smallest absolute Gasteiger partial charge is 0.00204 e. The molecule has 1 aliphatic rings. The van der Waals surface area contributed by atoms with Gasteiger partial charge in [-0.2, -0.15) is 0 Å².